The molecule has 0 unspecified atom stereocenters. The van der Waals surface area contributed by atoms with Crippen LogP contribution in [0, 0.1) is 0 Å². The number of rotatable bonds is 11. The van der Waals surface area contributed by atoms with Crippen molar-refractivity contribution in [2.75, 3.05) is 0 Å². The first-order chi connectivity index (χ1) is 7.63. The zero-order valence-electron chi connectivity index (χ0n) is 10.5. The predicted molar refractivity (Wildman–Crippen MR) is 66.0 cm³/mol. The van der Waals surface area contributed by atoms with E-state index in [0.29, 0.717) is 12.2 Å². The molecule has 0 fully saturated rings. The van der Waals surface area contributed by atoms with Crippen LogP contribution in [0.5, 0.6) is 0 Å². The molecule has 0 aromatic rings. The maximum absolute atomic E-state index is 10.7. The highest BCUT2D eigenvalue weighted by Gasteiger charge is 1.96. The Hall–Kier alpha value is -0.860. The second kappa shape index (κ2) is 10.7. The molecule has 2 N–H and O–H groups in total. The Balaban J connectivity index is 2.98. The molecule has 3 nitrogen and oxygen atoms in total. The average Bonchev–Trinajstić information content (AvgIpc) is 2.20. The van der Waals surface area contributed by atoms with E-state index >= 15 is 0 Å². The minimum absolute atomic E-state index is 0.191. The van der Waals surface area contributed by atoms with Crippen LogP contribution in [0.25, 0.3) is 0 Å². The van der Waals surface area contributed by atoms with Gasteiger partial charge in [0.1, 0.15) is 5.78 Å². The molecule has 0 radical (unpaired) electrons. The zero-order valence-corrected chi connectivity index (χ0v) is 10.5. The van der Waals surface area contributed by atoms with Crippen molar-refractivity contribution in [3.8, 4) is 0 Å². The van der Waals surface area contributed by atoms with Crippen molar-refractivity contribution < 1.29 is 9.59 Å². The lowest BCUT2D eigenvalue weighted by Gasteiger charge is -2.01. The van der Waals surface area contributed by atoms with E-state index in [1.807, 2.05) is 0 Å². The fourth-order valence-corrected chi connectivity index (χ4v) is 1.73. The quantitative estimate of drug-likeness (QED) is 0.552. The van der Waals surface area contributed by atoms with Gasteiger partial charge in [-0.25, -0.2) is 0 Å². The van der Waals surface area contributed by atoms with E-state index in [4.69, 9.17) is 5.73 Å². The van der Waals surface area contributed by atoms with Gasteiger partial charge in [0.25, 0.3) is 0 Å². The molecule has 1 amide bonds. The maximum atomic E-state index is 10.7. The van der Waals surface area contributed by atoms with Crippen molar-refractivity contribution in [1.82, 2.24) is 0 Å². The second-order valence-corrected chi connectivity index (χ2v) is 4.50. The average molecular weight is 227 g/mol. The number of Topliss-reactive ketones (excluding diaryl/α,β-unsaturated/α-hetero) is 1. The lowest BCUT2D eigenvalue weighted by atomic mass is 10.1. The summed E-state index contributed by atoms with van der Waals surface area (Å²) in [6.45, 7) is 1.65. The third kappa shape index (κ3) is 13.1. The lowest BCUT2D eigenvalue weighted by Crippen LogP contribution is -2.09. The SMILES string of the molecule is CC(=O)CCCCCCCCCCC(N)=O. The molecule has 16 heavy (non-hydrogen) atoms. The minimum Gasteiger partial charge on any atom is -0.370 e. The van der Waals surface area contributed by atoms with Gasteiger partial charge in [-0.15, -0.1) is 0 Å². The topological polar surface area (TPSA) is 60.2 Å². The van der Waals surface area contributed by atoms with E-state index in [1.165, 1.54) is 32.1 Å². The molecule has 0 aliphatic heterocycles. The summed E-state index contributed by atoms with van der Waals surface area (Å²) < 4.78 is 0. The second-order valence-electron chi connectivity index (χ2n) is 4.50. The molecule has 0 atom stereocenters. The van der Waals surface area contributed by atoms with E-state index in [-0.39, 0.29) is 5.91 Å². The minimum atomic E-state index is -0.191. The maximum Gasteiger partial charge on any atom is 0.217 e. The molecule has 0 spiro atoms. The first kappa shape index (κ1) is 15.1. The summed E-state index contributed by atoms with van der Waals surface area (Å²) in [5, 5.41) is 0. The predicted octanol–water partition coefficient (Wildman–Crippen LogP) is 2.96. The van der Waals surface area contributed by atoms with Crippen molar-refractivity contribution in [2.45, 2.75) is 71.1 Å². The Bertz CT molecular complexity index is 180. The number of hydrogen-bond donors (Lipinski definition) is 1. The zero-order chi connectivity index (χ0) is 12.2. The van der Waals surface area contributed by atoms with Crippen LogP contribution in [0.15, 0.2) is 0 Å². The number of hydrogen-bond acceptors (Lipinski definition) is 2. The third-order valence-electron chi connectivity index (χ3n) is 2.70. The standard InChI is InChI=1S/C13H25NO2/c1-12(15)10-8-6-4-2-3-5-7-9-11-13(14)16/h2-11H2,1H3,(H2,14,16). The summed E-state index contributed by atoms with van der Waals surface area (Å²) in [4.78, 5) is 21.1. The van der Waals surface area contributed by atoms with Crippen LogP contribution < -0.4 is 5.73 Å². The molecule has 94 valence electrons. The molecule has 0 saturated carbocycles. The molecule has 0 aromatic heterocycles. The summed E-state index contributed by atoms with van der Waals surface area (Å²) in [5.74, 6) is 0.107. The fraction of sp³-hybridized carbons (Fsp3) is 0.846. The van der Waals surface area contributed by atoms with Crippen molar-refractivity contribution in [3.05, 3.63) is 0 Å². The lowest BCUT2D eigenvalue weighted by molar-refractivity contribution is -0.118. The van der Waals surface area contributed by atoms with Crippen LogP contribution in [-0.2, 0) is 9.59 Å². The van der Waals surface area contributed by atoms with Gasteiger partial charge in [-0.05, 0) is 19.8 Å². The number of nitrogens with two attached hydrogens (primary N) is 1. The van der Waals surface area contributed by atoms with E-state index in [0.717, 1.165) is 25.7 Å². The van der Waals surface area contributed by atoms with Crippen LogP contribution in [0.4, 0.5) is 0 Å². The van der Waals surface area contributed by atoms with Crippen LogP contribution in [-0.4, -0.2) is 11.7 Å². The molecular weight excluding hydrogens is 202 g/mol. The highest BCUT2D eigenvalue weighted by Crippen LogP contribution is 2.10. The molecule has 0 heterocycles. The van der Waals surface area contributed by atoms with E-state index in [9.17, 15) is 9.59 Å². The van der Waals surface area contributed by atoms with Gasteiger partial charge in [0.2, 0.25) is 5.91 Å². The molecular formula is C13H25NO2. The smallest absolute Gasteiger partial charge is 0.217 e. The molecule has 0 aliphatic rings. The largest absolute Gasteiger partial charge is 0.370 e. The van der Waals surface area contributed by atoms with Crippen LogP contribution in [0.2, 0.25) is 0 Å². The van der Waals surface area contributed by atoms with E-state index in [2.05, 4.69) is 0 Å². The fourth-order valence-electron chi connectivity index (χ4n) is 1.73. The van der Waals surface area contributed by atoms with Gasteiger partial charge >= 0.3 is 0 Å². The van der Waals surface area contributed by atoms with Crippen LogP contribution in [0.3, 0.4) is 0 Å². The number of amides is 1. The van der Waals surface area contributed by atoms with Gasteiger partial charge < -0.3 is 10.5 Å². The summed E-state index contributed by atoms with van der Waals surface area (Å²) in [6.07, 6.45) is 10.4. The Morgan fingerprint density at radius 1 is 0.750 bits per heavy atom. The van der Waals surface area contributed by atoms with Crippen molar-refractivity contribution >= 4 is 11.7 Å². The van der Waals surface area contributed by atoms with Gasteiger partial charge in [-0.2, -0.15) is 0 Å². The molecule has 0 aliphatic carbocycles. The van der Waals surface area contributed by atoms with Crippen molar-refractivity contribution in [1.29, 1.82) is 0 Å². The summed E-state index contributed by atoms with van der Waals surface area (Å²) in [6, 6.07) is 0. The van der Waals surface area contributed by atoms with Gasteiger partial charge in [0.15, 0.2) is 0 Å². The molecule has 0 saturated heterocycles. The number of primary amides is 1. The van der Waals surface area contributed by atoms with Crippen molar-refractivity contribution in [3.63, 3.8) is 0 Å². The highest BCUT2D eigenvalue weighted by atomic mass is 16.1. The van der Waals surface area contributed by atoms with Crippen LogP contribution in [0.1, 0.15) is 71.1 Å². The Morgan fingerprint density at radius 2 is 1.12 bits per heavy atom. The van der Waals surface area contributed by atoms with Gasteiger partial charge in [-0.1, -0.05) is 38.5 Å². The van der Waals surface area contributed by atoms with Gasteiger partial charge in [0, 0.05) is 12.8 Å². The van der Waals surface area contributed by atoms with Crippen molar-refractivity contribution in [2.24, 2.45) is 5.73 Å². The van der Waals surface area contributed by atoms with Gasteiger partial charge in [-0.3, -0.25) is 4.79 Å². The monoisotopic (exact) mass is 227 g/mol. The molecule has 0 rings (SSSR count). The summed E-state index contributed by atoms with van der Waals surface area (Å²) in [7, 11) is 0. The number of ketones is 1. The van der Waals surface area contributed by atoms with Crippen LogP contribution >= 0.6 is 0 Å². The molecule has 0 bridgehead atoms. The normalized spacial score (nSPS) is 10.3. The Kier molecular flexibility index (Phi) is 10.1. The van der Waals surface area contributed by atoms with E-state index < -0.39 is 0 Å². The first-order valence-electron chi connectivity index (χ1n) is 6.40. The van der Waals surface area contributed by atoms with Gasteiger partial charge in [0.05, 0.1) is 0 Å². The van der Waals surface area contributed by atoms with E-state index in [1.54, 1.807) is 6.92 Å². The number of carbonyl (C=O) groups is 2. The molecule has 0 aromatic carbocycles. The summed E-state index contributed by atoms with van der Waals surface area (Å²) in [5.41, 5.74) is 5.05. The third-order valence-corrected chi connectivity index (χ3v) is 2.70. The Labute approximate surface area is 98.8 Å². The summed E-state index contributed by atoms with van der Waals surface area (Å²) >= 11 is 0. The highest BCUT2D eigenvalue weighted by molar-refractivity contribution is 5.75. The number of unbranched alkanes of at least 4 members (excludes halogenated alkanes) is 7. The number of carbonyl (C=O) groups excluding carboxylic acids is 2. The Morgan fingerprint density at radius 3 is 1.50 bits per heavy atom. The first-order valence-corrected chi connectivity index (χ1v) is 6.40. The molecule has 3 heteroatoms.